The van der Waals surface area contributed by atoms with Crippen LogP contribution in [0.1, 0.15) is 51.4 Å². The molecule has 2 rings (SSSR count). The Morgan fingerprint density at radius 3 is 2.46 bits per heavy atom. The monoisotopic (exact) mass is 513 g/mol. The van der Waals surface area contributed by atoms with Crippen LogP contribution < -0.4 is 14.9 Å². The van der Waals surface area contributed by atoms with Gasteiger partial charge in [0.2, 0.25) is 5.88 Å². The van der Waals surface area contributed by atoms with Crippen LogP contribution in [0.5, 0.6) is 5.75 Å². The van der Waals surface area contributed by atoms with E-state index in [0.717, 1.165) is 18.3 Å². The highest BCUT2D eigenvalue weighted by Gasteiger charge is 2.35. The number of alkyl halides is 3. The van der Waals surface area contributed by atoms with E-state index in [4.69, 9.17) is 4.74 Å². The number of hydrogen-bond acceptors (Lipinski definition) is 5. The maximum Gasteiger partial charge on any atom is 0.401 e. The van der Waals surface area contributed by atoms with Gasteiger partial charge in [-0.3, -0.25) is 9.80 Å². The zero-order chi connectivity index (χ0) is 26.2. The fourth-order valence-corrected chi connectivity index (χ4v) is 4.47. The molecule has 6 nitrogen and oxygen atoms in total. The summed E-state index contributed by atoms with van der Waals surface area (Å²) in [5.74, 6) is -0.462. The van der Waals surface area contributed by atoms with Crippen molar-refractivity contribution >= 4 is 17.3 Å². The smallest absolute Gasteiger partial charge is 0.401 e. The molecule has 3 unspecified atom stereocenters. The summed E-state index contributed by atoms with van der Waals surface area (Å²) in [4.78, 5) is 10.9. The normalized spacial score (nSPS) is 19.1. The van der Waals surface area contributed by atoms with E-state index < -0.39 is 28.5 Å². The molecule has 10 heteroatoms. The number of aldehydes is 1. The minimum atomic E-state index is -4.51. The molecule has 0 saturated carbocycles. The number of nitrogens with zero attached hydrogens (tertiary/aromatic N) is 1. The second-order valence-electron chi connectivity index (χ2n) is 8.84. The van der Waals surface area contributed by atoms with Gasteiger partial charge in [-0.1, -0.05) is 32.1 Å². The summed E-state index contributed by atoms with van der Waals surface area (Å²) in [6.07, 6.45) is 4.94. The Balaban J connectivity index is 2.26. The third kappa shape index (κ3) is 8.94. The van der Waals surface area contributed by atoms with E-state index in [1.807, 2.05) is 50.1 Å². The van der Waals surface area contributed by atoms with Gasteiger partial charge < -0.3 is 4.74 Å². The van der Waals surface area contributed by atoms with Crippen LogP contribution in [0.2, 0.25) is 0 Å². The summed E-state index contributed by atoms with van der Waals surface area (Å²) >= 11 is 0. The molecule has 0 aliphatic carbocycles. The number of benzene rings is 1. The van der Waals surface area contributed by atoms with Gasteiger partial charge in [-0.05, 0) is 62.9 Å². The molecule has 3 atom stereocenters. The van der Waals surface area contributed by atoms with Crippen molar-refractivity contribution in [2.45, 2.75) is 58.8 Å². The Labute approximate surface area is 207 Å². The molecule has 0 fully saturated rings. The van der Waals surface area contributed by atoms with E-state index in [2.05, 4.69) is 10.1 Å². The van der Waals surface area contributed by atoms with E-state index in [1.165, 1.54) is 0 Å². The summed E-state index contributed by atoms with van der Waals surface area (Å²) in [6.45, 7) is 9.95. The third-order valence-electron chi connectivity index (χ3n) is 5.58. The number of nitrogens with one attached hydrogen (secondary N) is 2. The topological polar surface area (TPSA) is 70.7 Å². The van der Waals surface area contributed by atoms with Gasteiger partial charge in [-0.2, -0.15) is 13.2 Å². The molecule has 0 radical (unpaired) electrons. The first kappa shape index (κ1) is 28.8. The van der Waals surface area contributed by atoms with Crippen molar-refractivity contribution in [1.82, 2.24) is 15.2 Å². The first-order valence-corrected chi connectivity index (χ1v) is 12.8. The van der Waals surface area contributed by atoms with Crippen molar-refractivity contribution in [2.24, 2.45) is 5.92 Å². The quantitative estimate of drug-likeness (QED) is 0.302. The number of hydrogen-bond donors (Lipinski definition) is 2. The highest BCUT2D eigenvalue weighted by molar-refractivity contribution is 7.83. The van der Waals surface area contributed by atoms with E-state index in [0.29, 0.717) is 23.7 Å². The summed E-state index contributed by atoms with van der Waals surface area (Å²) in [5, 5.41) is 1.86. The number of hydrazine groups is 1. The number of rotatable bonds is 12. The first-order valence-electron chi connectivity index (χ1n) is 11.5. The zero-order valence-corrected chi connectivity index (χ0v) is 21.5. The number of carbonyl (C=O) groups is 1. The number of allylic oxidation sites excluding steroid dienone is 1. The van der Waals surface area contributed by atoms with E-state index in [-0.39, 0.29) is 12.0 Å². The maximum absolute atomic E-state index is 12.6. The molecule has 0 spiro atoms. The van der Waals surface area contributed by atoms with Crippen molar-refractivity contribution in [1.29, 1.82) is 0 Å². The largest absolute Gasteiger partial charge is 0.440 e. The molecular weight excluding hydrogens is 479 g/mol. The van der Waals surface area contributed by atoms with Crippen LogP contribution in [0, 0.1) is 5.92 Å². The summed E-state index contributed by atoms with van der Waals surface area (Å²) in [5.41, 5.74) is 3.99. The molecule has 1 heterocycles. The van der Waals surface area contributed by atoms with Crippen LogP contribution in [-0.4, -0.2) is 45.6 Å². The van der Waals surface area contributed by atoms with Crippen LogP contribution in [0.15, 0.2) is 60.0 Å². The SMILES string of the molecule is CC/C=C\C(=C/C(C)C(C)(C)NS(=O)CC(F)(F)F)C1C=C(Oc2ccc(C=O)cc2)N(CC)N1. The predicted octanol–water partition coefficient (Wildman–Crippen LogP) is 5.05. The molecule has 2 N–H and O–H groups in total. The fraction of sp³-hybridized carbons (Fsp3) is 0.480. The second-order valence-corrected chi connectivity index (χ2v) is 10.0. The van der Waals surface area contributed by atoms with Crippen molar-refractivity contribution in [3.63, 3.8) is 0 Å². The molecule has 1 aliphatic heterocycles. The summed E-state index contributed by atoms with van der Waals surface area (Å²) in [7, 11) is -2.24. The zero-order valence-electron chi connectivity index (χ0n) is 20.7. The Hall–Kier alpha value is -2.43. The van der Waals surface area contributed by atoms with Crippen LogP contribution in [0.25, 0.3) is 0 Å². The molecule has 0 bridgehead atoms. The highest BCUT2D eigenvalue weighted by Crippen LogP contribution is 2.27. The Kier molecular flexibility index (Phi) is 10.3. The molecule has 1 aromatic carbocycles. The van der Waals surface area contributed by atoms with Gasteiger partial charge in [0.15, 0.2) is 0 Å². The fourth-order valence-electron chi connectivity index (χ4n) is 3.33. The predicted molar refractivity (Wildman–Crippen MR) is 133 cm³/mol. The van der Waals surface area contributed by atoms with E-state index in [9.17, 15) is 22.2 Å². The molecule has 194 valence electrons. The third-order valence-corrected chi connectivity index (χ3v) is 6.93. The van der Waals surface area contributed by atoms with Gasteiger partial charge in [0, 0.05) is 23.7 Å². The van der Waals surface area contributed by atoms with Crippen LogP contribution in [0.3, 0.4) is 0 Å². The maximum atomic E-state index is 12.6. The van der Waals surface area contributed by atoms with Gasteiger partial charge in [0.05, 0.1) is 6.04 Å². The molecule has 0 aromatic heterocycles. The summed E-state index contributed by atoms with van der Waals surface area (Å²) in [6, 6.07) is 6.55. The second kappa shape index (κ2) is 12.5. The van der Waals surface area contributed by atoms with E-state index >= 15 is 0 Å². The highest BCUT2D eigenvalue weighted by atomic mass is 32.2. The molecule has 1 aliphatic rings. The lowest BCUT2D eigenvalue weighted by molar-refractivity contribution is -0.106. The van der Waals surface area contributed by atoms with E-state index in [1.54, 1.807) is 38.1 Å². The standard InChI is InChI=1S/C25H34F3N3O3S/c1-6-8-9-20(14-18(3)24(4,5)30-35(33)17-25(26,27)28)22-15-23(31(7-2)29-22)34-21-12-10-19(16-32)11-13-21/h8-16,18,22,29-30H,6-7,17H2,1-5H3/b9-8-,20-14+. The number of carbonyl (C=O) groups excluding carboxylic acids is 1. The van der Waals surface area contributed by atoms with Crippen LogP contribution in [-0.2, 0) is 11.0 Å². The van der Waals surface area contributed by atoms with Crippen molar-refractivity contribution in [3.05, 3.63) is 65.6 Å². The lowest BCUT2D eigenvalue weighted by atomic mass is 9.87. The van der Waals surface area contributed by atoms with Gasteiger partial charge in [0.25, 0.3) is 0 Å². The number of halogens is 3. The van der Waals surface area contributed by atoms with Crippen molar-refractivity contribution < 1.29 is 26.9 Å². The van der Waals surface area contributed by atoms with Crippen molar-refractivity contribution in [2.75, 3.05) is 12.3 Å². The van der Waals surface area contributed by atoms with Gasteiger partial charge in [0.1, 0.15) is 28.8 Å². The Morgan fingerprint density at radius 1 is 1.26 bits per heavy atom. The molecule has 1 aromatic rings. The van der Waals surface area contributed by atoms with Crippen LogP contribution in [0.4, 0.5) is 13.2 Å². The lowest BCUT2D eigenvalue weighted by Crippen LogP contribution is -2.47. The Morgan fingerprint density at radius 2 is 1.91 bits per heavy atom. The number of ether oxygens (including phenoxy) is 1. The summed E-state index contributed by atoms with van der Waals surface area (Å²) < 4.78 is 58.6. The van der Waals surface area contributed by atoms with Gasteiger partial charge in [-0.15, -0.1) is 0 Å². The molecule has 35 heavy (non-hydrogen) atoms. The average molecular weight is 514 g/mol. The van der Waals surface area contributed by atoms with Crippen LogP contribution >= 0.6 is 0 Å². The van der Waals surface area contributed by atoms with Gasteiger partial charge >= 0.3 is 6.18 Å². The minimum absolute atomic E-state index is 0.235. The minimum Gasteiger partial charge on any atom is -0.440 e. The average Bonchev–Trinajstić information content (AvgIpc) is 3.17. The molecule has 0 saturated heterocycles. The van der Waals surface area contributed by atoms with Gasteiger partial charge in [-0.25, -0.2) is 14.4 Å². The molecule has 0 amide bonds. The van der Waals surface area contributed by atoms with Crippen molar-refractivity contribution in [3.8, 4) is 5.75 Å². The Bertz CT molecular complexity index is 972. The first-order chi connectivity index (χ1) is 16.4. The lowest BCUT2D eigenvalue weighted by Gasteiger charge is -2.31. The molecular formula is C25H34F3N3O3S.